The molecule has 0 saturated heterocycles. The van der Waals surface area contributed by atoms with Gasteiger partial charge in [0.1, 0.15) is 11.4 Å². The number of carbonyl (C=O) groups excluding carboxylic acids is 2. The van der Waals surface area contributed by atoms with Crippen molar-refractivity contribution in [1.82, 2.24) is 10.2 Å². The maximum absolute atomic E-state index is 13.1. The van der Waals surface area contributed by atoms with Gasteiger partial charge in [-0.15, -0.1) is 12.4 Å². The smallest absolute Gasteiger partial charge is 0.271 e. The topological polar surface area (TPSA) is 70.7 Å². The number of nitrogens with zero attached hydrogens (tertiary/aromatic N) is 1. The van der Waals surface area contributed by atoms with E-state index >= 15 is 0 Å². The summed E-state index contributed by atoms with van der Waals surface area (Å²) in [6.07, 6.45) is 1.38. The first-order chi connectivity index (χ1) is 15.4. The fourth-order valence-electron chi connectivity index (χ4n) is 3.37. The van der Waals surface area contributed by atoms with Crippen LogP contribution in [0.2, 0.25) is 0 Å². The molecule has 180 valence electrons. The molecular weight excluding hydrogens is 438 g/mol. The van der Waals surface area contributed by atoms with E-state index < -0.39 is 0 Å². The first kappa shape index (κ1) is 28.2. The monoisotopic (exact) mass is 473 g/mol. The molecule has 2 aromatic carbocycles. The lowest BCUT2D eigenvalue weighted by Gasteiger charge is -2.19. The van der Waals surface area contributed by atoms with E-state index in [0.717, 1.165) is 36.4 Å². The fourth-order valence-corrected chi connectivity index (χ4v) is 3.37. The van der Waals surface area contributed by atoms with Gasteiger partial charge in [-0.05, 0) is 69.3 Å². The molecule has 0 aliphatic heterocycles. The number of likely N-dealkylation sites (N-methyl/N-ethyl adjacent to an activating group) is 1. The first-order valence-electron chi connectivity index (χ1n) is 11.2. The third kappa shape index (κ3) is 8.56. The third-order valence-electron chi connectivity index (χ3n) is 5.33. The number of ether oxygens (including phenoxy) is 1. The lowest BCUT2D eigenvalue weighted by molar-refractivity contribution is -0.113. The average molecular weight is 474 g/mol. The first-order valence-corrected chi connectivity index (χ1v) is 11.2. The Morgan fingerprint density at radius 3 is 2.12 bits per heavy atom. The number of nitrogens with one attached hydrogen (secondary N) is 2. The molecule has 7 heteroatoms. The summed E-state index contributed by atoms with van der Waals surface area (Å²) in [5.74, 6) is 0.134. The number of carbonyl (C=O) groups is 2. The van der Waals surface area contributed by atoms with Gasteiger partial charge in [0, 0.05) is 30.4 Å². The van der Waals surface area contributed by atoms with Gasteiger partial charge in [0.25, 0.3) is 5.91 Å². The van der Waals surface area contributed by atoms with E-state index in [2.05, 4.69) is 29.4 Å². The minimum absolute atomic E-state index is 0. The summed E-state index contributed by atoms with van der Waals surface area (Å²) in [7, 11) is 0. The number of anilines is 1. The molecule has 1 amide bonds. The van der Waals surface area contributed by atoms with E-state index in [1.165, 1.54) is 6.08 Å². The maximum Gasteiger partial charge on any atom is 0.271 e. The summed E-state index contributed by atoms with van der Waals surface area (Å²) >= 11 is 0. The van der Waals surface area contributed by atoms with Crippen molar-refractivity contribution >= 4 is 29.8 Å². The van der Waals surface area contributed by atoms with Crippen LogP contribution in [0.25, 0.3) is 0 Å². The fraction of sp³-hybridized carbons (Fsp3) is 0.385. The van der Waals surface area contributed by atoms with Crippen LogP contribution >= 0.6 is 12.4 Å². The lowest BCUT2D eigenvalue weighted by Crippen LogP contribution is -2.35. The molecule has 0 fully saturated rings. The number of allylic oxidation sites excluding steroid dienone is 1. The Morgan fingerprint density at radius 2 is 1.58 bits per heavy atom. The molecule has 0 saturated carbocycles. The molecule has 0 heterocycles. The summed E-state index contributed by atoms with van der Waals surface area (Å²) in [5, 5.41) is 6.14. The number of ketones is 1. The molecule has 2 aromatic rings. The molecule has 0 aliphatic carbocycles. The molecule has 0 aromatic heterocycles. The Labute approximate surface area is 203 Å². The number of amides is 1. The molecule has 0 atom stereocenters. The standard InChI is InChI=1S/C26H35N3O3.ClH/c1-6-29(7-2)17-16-27-23(26(31)28-25-19(4)10-9-11-20(25)5)18-24(30)21-12-14-22(15-13-21)32-8-3;/h9-15,18,27H,6-8,16-17H2,1-5H3,(H,28,31);1H/b23-18-;. The van der Waals surface area contributed by atoms with Crippen LogP contribution < -0.4 is 15.4 Å². The molecule has 6 nitrogen and oxygen atoms in total. The zero-order chi connectivity index (χ0) is 23.5. The summed E-state index contributed by atoms with van der Waals surface area (Å²) in [6.45, 7) is 13.8. The van der Waals surface area contributed by atoms with E-state index in [1.54, 1.807) is 24.3 Å². The van der Waals surface area contributed by atoms with Crippen molar-refractivity contribution in [2.75, 3.05) is 38.1 Å². The normalized spacial score (nSPS) is 11.0. The van der Waals surface area contributed by atoms with E-state index in [4.69, 9.17) is 4.74 Å². The minimum atomic E-state index is -0.332. The number of para-hydroxylation sites is 1. The highest BCUT2D eigenvalue weighted by molar-refractivity contribution is 6.12. The predicted octanol–water partition coefficient (Wildman–Crippen LogP) is 4.76. The number of hydrogen-bond donors (Lipinski definition) is 2. The second-order valence-electron chi connectivity index (χ2n) is 7.55. The van der Waals surface area contributed by atoms with Crippen molar-refractivity contribution in [3.05, 3.63) is 70.9 Å². The minimum Gasteiger partial charge on any atom is -0.494 e. The Morgan fingerprint density at radius 1 is 0.970 bits per heavy atom. The number of rotatable bonds is 12. The molecule has 0 unspecified atom stereocenters. The molecule has 0 bridgehead atoms. The van der Waals surface area contributed by atoms with E-state index in [1.807, 2.05) is 39.0 Å². The van der Waals surface area contributed by atoms with Crippen LogP contribution in [0.1, 0.15) is 42.3 Å². The Kier molecular flexibility index (Phi) is 12.3. The predicted molar refractivity (Wildman–Crippen MR) is 138 cm³/mol. The highest BCUT2D eigenvalue weighted by Gasteiger charge is 2.15. The van der Waals surface area contributed by atoms with Crippen molar-refractivity contribution in [3.8, 4) is 5.75 Å². The summed E-state index contributed by atoms with van der Waals surface area (Å²) in [5.41, 5.74) is 3.45. The highest BCUT2D eigenvalue weighted by Crippen LogP contribution is 2.20. The van der Waals surface area contributed by atoms with Crippen LogP contribution in [-0.4, -0.2) is 49.4 Å². The number of halogens is 1. The van der Waals surface area contributed by atoms with Crippen LogP contribution in [0.3, 0.4) is 0 Å². The quantitative estimate of drug-likeness (QED) is 0.343. The highest BCUT2D eigenvalue weighted by atomic mass is 35.5. The van der Waals surface area contributed by atoms with Crippen LogP contribution in [0.15, 0.2) is 54.2 Å². The molecule has 2 rings (SSSR count). The van der Waals surface area contributed by atoms with Gasteiger partial charge in [-0.1, -0.05) is 32.0 Å². The van der Waals surface area contributed by atoms with Gasteiger partial charge in [0.15, 0.2) is 5.78 Å². The zero-order valence-corrected chi connectivity index (χ0v) is 21.1. The molecular formula is C26H36ClN3O3. The molecule has 2 N–H and O–H groups in total. The van der Waals surface area contributed by atoms with Crippen LogP contribution in [0.5, 0.6) is 5.75 Å². The van der Waals surface area contributed by atoms with Crippen molar-refractivity contribution < 1.29 is 14.3 Å². The van der Waals surface area contributed by atoms with Crippen molar-refractivity contribution in [2.24, 2.45) is 0 Å². The molecule has 33 heavy (non-hydrogen) atoms. The molecule has 0 spiro atoms. The van der Waals surface area contributed by atoms with Gasteiger partial charge in [-0.3, -0.25) is 9.59 Å². The third-order valence-corrected chi connectivity index (χ3v) is 5.33. The largest absolute Gasteiger partial charge is 0.494 e. The SMILES string of the molecule is CCOc1ccc(C(=O)/C=C(\NCCN(CC)CC)C(=O)Nc2c(C)cccc2C)cc1.Cl. The van der Waals surface area contributed by atoms with Gasteiger partial charge < -0.3 is 20.3 Å². The number of hydrogen-bond acceptors (Lipinski definition) is 5. The van der Waals surface area contributed by atoms with E-state index in [9.17, 15) is 9.59 Å². The van der Waals surface area contributed by atoms with E-state index in [-0.39, 0.29) is 29.8 Å². The second-order valence-corrected chi connectivity index (χ2v) is 7.55. The average Bonchev–Trinajstić information content (AvgIpc) is 2.79. The van der Waals surface area contributed by atoms with Gasteiger partial charge in [-0.2, -0.15) is 0 Å². The van der Waals surface area contributed by atoms with Crippen LogP contribution in [0.4, 0.5) is 5.69 Å². The second kappa shape index (κ2) is 14.3. The number of benzene rings is 2. The molecule has 0 radical (unpaired) electrons. The van der Waals surface area contributed by atoms with Gasteiger partial charge in [0.05, 0.1) is 6.61 Å². The Balaban J connectivity index is 0.00000544. The summed E-state index contributed by atoms with van der Waals surface area (Å²) < 4.78 is 5.44. The summed E-state index contributed by atoms with van der Waals surface area (Å²) in [6, 6.07) is 12.8. The van der Waals surface area contributed by atoms with Crippen LogP contribution in [-0.2, 0) is 4.79 Å². The Bertz CT molecular complexity index is 918. The van der Waals surface area contributed by atoms with Crippen LogP contribution in [0, 0.1) is 13.8 Å². The van der Waals surface area contributed by atoms with Crippen molar-refractivity contribution in [1.29, 1.82) is 0 Å². The van der Waals surface area contributed by atoms with E-state index in [0.29, 0.717) is 24.5 Å². The van der Waals surface area contributed by atoms with Gasteiger partial charge >= 0.3 is 0 Å². The van der Waals surface area contributed by atoms with Gasteiger partial charge in [0.2, 0.25) is 0 Å². The zero-order valence-electron chi connectivity index (χ0n) is 20.2. The summed E-state index contributed by atoms with van der Waals surface area (Å²) in [4.78, 5) is 28.2. The number of aryl methyl sites for hydroxylation is 2. The van der Waals surface area contributed by atoms with Crippen molar-refractivity contribution in [2.45, 2.75) is 34.6 Å². The Hall–Kier alpha value is -2.83. The lowest BCUT2D eigenvalue weighted by atomic mass is 10.1. The van der Waals surface area contributed by atoms with Crippen molar-refractivity contribution in [3.63, 3.8) is 0 Å². The maximum atomic E-state index is 13.1. The molecule has 0 aliphatic rings. The van der Waals surface area contributed by atoms with Gasteiger partial charge in [-0.25, -0.2) is 0 Å².